The Hall–Kier alpha value is -3.58. The molecule has 0 amide bonds. The topological polar surface area (TPSA) is 42.8 Å². The Balaban J connectivity index is 1.16. The molecule has 1 aliphatic heterocycles. The maximum absolute atomic E-state index is 6.14. The van der Waals surface area contributed by atoms with Crippen molar-refractivity contribution in [1.29, 1.82) is 0 Å². The van der Waals surface area contributed by atoms with Gasteiger partial charge in [0.2, 0.25) is 0 Å². The zero-order valence-corrected chi connectivity index (χ0v) is 25.2. The lowest BCUT2D eigenvalue weighted by Gasteiger charge is -2.37. The van der Waals surface area contributed by atoms with Gasteiger partial charge in [0.1, 0.15) is 6.61 Å². The number of halogens is 1. The largest absolute Gasteiger partial charge is 0.493 e. The molecule has 0 saturated carbocycles. The number of fused-ring (bicyclic) bond motifs is 3. The molecule has 1 aliphatic carbocycles. The molecule has 0 saturated heterocycles. The van der Waals surface area contributed by atoms with Gasteiger partial charge < -0.3 is 14.8 Å². The van der Waals surface area contributed by atoms with E-state index >= 15 is 0 Å². The Kier molecular flexibility index (Phi) is 7.65. The summed E-state index contributed by atoms with van der Waals surface area (Å²) in [7, 11) is 1.67. The molecule has 0 unspecified atom stereocenters. The van der Waals surface area contributed by atoms with Crippen LogP contribution in [0.15, 0.2) is 96.0 Å². The van der Waals surface area contributed by atoms with Gasteiger partial charge in [-0.2, -0.15) is 0 Å². The summed E-state index contributed by atoms with van der Waals surface area (Å²) in [5, 5.41) is 3.83. The molecule has 202 valence electrons. The number of aliphatic imine (C=N–C) groups is 1. The Morgan fingerprint density at radius 3 is 2.50 bits per heavy atom. The fraction of sp³-hybridized carbons (Fsp3) is 0.229. The number of benzene rings is 4. The van der Waals surface area contributed by atoms with Crippen molar-refractivity contribution in [2.45, 2.75) is 38.8 Å². The number of allylic oxidation sites excluding steroid dienone is 2. The number of hydrogen-bond donors (Lipinski definition) is 1. The highest BCUT2D eigenvalue weighted by Gasteiger charge is 2.37. The Labute approximate surface area is 250 Å². The minimum absolute atomic E-state index is 0.284. The van der Waals surface area contributed by atoms with Crippen LogP contribution >= 0.6 is 22.6 Å². The predicted molar refractivity (Wildman–Crippen MR) is 172 cm³/mol. The molecule has 4 aromatic carbocycles. The summed E-state index contributed by atoms with van der Waals surface area (Å²) in [5.41, 5.74) is 9.54. The molecule has 4 aromatic rings. The van der Waals surface area contributed by atoms with Gasteiger partial charge in [-0.25, -0.2) is 0 Å². The van der Waals surface area contributed by atoms with E-state index in [1.807, 2.05) is 12.3 Å². The zero-order valence-electron chi connectivity index (χ0n) is 23.0. The quantitative estimate of drug-likeness (QED) is 0.125. The minimum Gasteiger partial charge on any atom is -0.493 e. The first-order chi connectivity index (χ1) is 19.5. The predicted octanol–water partition coefficient (Wildman–Crippen LogP) is 9.07. The number of nitrogens with zero attached hydrogens (tertiary/aromatic N) is 1. The molecule has 1 heterocycles. The van der Waals surface area contributed by atoms with Gasteiger partial charge in [0.15, 0.2) is 11.5 Å². The maximum Gasteiger partial charge on any atom is 0.174 e. The van der Waals surface area contributed by atoms with E-state index < -0.39 is 0 Å². The van der Waals surface area contributed by atoms with Crippen LogP contribution in [-0.4, -0.2) is 13.3 Å². The summed E-state index contributed by atoms with van der Waals surface area (Å²) in [6.07, 6.45) is 7.72. The van der Waals surface area contributed by atoms with Gasteiger partial charge >= 0.3 is 0 Å². The Morgan fingerprint density at radius 2 is 1.73 bits per heavy atom. The molecule has 0 bridgehead atoms. The highest BCUT2D eigenvalue weighted by atomic mass is 127. The third-order valence-corrected chi connectivity index (χ3v) is 8.69. The van der Waals surface area contributed by atoms with Crippen LogP contribution in [0.5, 0.6) is 11.5 Å². The number of rotatable bonds is 7. The lowest BCUT2D eigenvalue weighted by molar-refractivity contribution is 0.282. The monoisotopic (exact) mass is 640 g/mol. The number of ether oxygens (including phenoxy) is 2. The van der Waals surface area contributed by atoms with Crippen molar-refractivity contribution in [3.63, 3.8) is 0 Å². The van der Waals surface area contributed by atoms with Crippen molar-refractivity contribution in [3.05, 3.63) is 128 Å². The standard InChI is InChI=1S/C35H33IN2O2/c1-22-7-10-24(11-8-22)21-40-35-31(36)18-25(19-33(35)39-3)20-37-27-14-12-26(13-15-27)34-29-6-4-5-28(29)30-17-23(2)9-16-32(30)38-34/h4-5,7-20,28-29,34,38H,6,21H2,1-3H3/t28-,29+,34+/m1/s1. The molecule has 0 aromatic heterocycles. The van der Waals surface area contributed by atoms with E-state index in [9.17, 15) is 0 Å². The van der Waals surface area contributed by atoms with Crippen LogP contribution in [0.2, 0.25) is 0 Å². The molecule has 2 aliphatic rings. The number of nitrogens with one attached hydrogen (secondary N) is 1. The van der Waals surface area contributed by atoms with Crippen LogP contribution in [-0.2, 0) is 6.61 Å². The van der Waals surface area contributed by atoms with Crippen molar-refractivity contribution >= 4 is 40.2 Å². The number of anilines is 1. The average Bonchev–Trinajstić information content (AvgIpc) is 3.47. The van der Waals surface area contributed by atoms with Gasteiger partial charge in [0.25, 0.3) is 0 Å². The van der Waals surface area contributed by atoms with Crippen molar-refractivity contribution < 1.29 is 9.47 Å². The SMILES string of the molecule is COc1cc(C=Nc2ccc([C@@H]3Nc4ccc(C)cc4[C@@H]4C=CC[C@@H]43)cc2)cc(I)c1OCc1ccc(C)cc1. The van der Waals surface area contributed by atoms with Gasteiger partial charge in [-0.3, -0.25) is 4.99 Å². The zero-order chi connectivity index (χ0) is 27.6. The summed E-state index contributed by atoms with van der Waals surface area (Å²) < 4.78 is 12.8. The Morgan fingerprint density at radius 1 is 0.950 bits per heavy atom. The second kappa shape index (κ2) is 11.5. The van der Waals surface area contributed by atoms with Crippen LogP contribution in [0, 0.1) is 23.3 Å². The fourth-order valence-corrected chi connectivity index (χ4v) is 6.54. The molecule has 3 atom stereocenters. The molecule has 1 N–H and O–H groups in total. The summed E-state index contributed by atoms with van der Waals surface area (Å²) >= 11 is 2.30. The number of hydrogen-bond acceptors (Lipinski definition) is 4. The van der Waals surface area contributed by atoms with E-state index in [0.29, 0.717) is 24.2 Å². The second-order valence-electron chi connectivity index (χ2n) is 10.7. The van der Waals surface area contributed by atoms with Gasteiger partial charge in [0, 0.05) is 17.8 Å². The van der Waals surface area contributed by atoms with E-state index in [1.54, 1.807) is 7.11 Å². The molecule has 40 heavy (non-hydrogen) atoms. The molecule has 0 fully saturated rings. The summed E-state index contributed by atoms with van der Waals surface area (Å²) in [5.74, 6) is 2.46. The third kappa shape index (κ3) is 5.52. The van der Waals surface area contributed by atoms with Crippen LogP contribution in [0.25, 0.3) is 0 Å². The maximum atomic E-state index is 6.14. The number of aryl methyl sites for hydroxylation is 2. The van der Waals surface area contributed by atoms with Gasteiger partial charge in [0.05, 0.1) is 22.4 Å². The van der Waals surface area contributed by atoms with E-state index in [4.69, 9.17) is 14.5 Å². The molecule has 0 radical (unpaired) electrons. The first-order valence-electron chi connectivity index (χ1n) is 13.7. The summed E-state index contributed by atoms with van der Waals surface area (Å²) in [6.45, 7) is 4.75. The lowest BCUT2D eigenvalue weighted by Crippen LogP contribution is -2.29. The van der Waals surface area contributed by atoms with Crippen LogP contribution in [0.1, 0.15) is 51.8 Å². The summed E-state index contributed by atoms with van der Waals surface area (Å²) in [4.78, 5) is 4.77. The first kappa shape index (κ1) is 26.6. The van der Waals surface area contributed by atoms with E-state index in [-0.39, 0.29) is 6.04 Å². The molecular weight excluding hydrogens is 607 g/mol. The van der Waals surface area contributed by atoms with E-state index in [0.717, 1.165) is 32.6 Å². The van der Waals surface area contributed by atoms with Crippen molar-refractivity contribution in [2.24, 2.45) is 10.9 Å². The van der Waals surface area contributed by atoms with Crippen molar-refractivity contribution in [2.75, 3.05) is 12.4 Å². The smallest absolute Gasteiger partial charge is 0.174 e. The van der Waals surface area contributed by atoms with Crippen LogP contribution in [0.4, 0.5) is 11.4 Å². The fourth-order valence-electron chi connectivity index (χ4n) is 5.75. The van der Waals surface area contributed by atoms with Gasteiger partial charge in [-0.1, -0.05) is 71.8 Å². The molecule has 0 spiro atoms. The van der Waals surface area contributed by atoms with Crippen LogP contribution < -0.4 is 14.8 Å². The van der Waals surface area contributed by atoms with Crippen molar-refractivity contribution in [1.82, 2.24) is 0 Å². The molecule has 6 rings (SSSR count). The highest BCUT2D eigenvalue weighted by molar-refractivity contribution is 14.1. The Bertz CT molecular complexity index is 1570. The molecule has 4 nitrogen and oxygen atoms in total. The number of methoxy groups -OCH3 is 1. The first-order valence-corrected chi connectivity index (χ1v) is 14.8. The summed E-state index contributed by atoms with van der Waals surface area (Å²) in [6, 6.07) is 28.1. The second-order valence-corrected chi connectivity index (χ2v) is 11.9. The average molecular weight is 641 g/mol. The van der Waals surface area contributed by atoms with Crippen LogP contribution in [0.3, 0.4) is 0 Å². The normalized spacial score (nSPS) is 19.2. The minimum atomic E-state index is 0.284. The van der Waals surface area contributed by atoms with Crippen molar-refractivity contribution in [3.8, 4) is 11.5 Å². The van der Waals surface area contributed by atoms with Gasteiger partial charge in [-0.15, -0.1) is 0 Å². The van der Waals surface area contributed by atoms with Gasteiger partial charge in [-0.05, 0) is 101 Å². The van der Waals surface area contributed by atoms with E-state index in [2.05, 4.69) is 127 Å². The van der Waals surface area contributed by atoms with E-state index in [1.165, 1.54) is 27.9 Å². The molecular formula is C35H33IN2O2. The highest BCUT2D eigenvalue weighted by Crippen LogP contribution is 2.50. The lowest BCUT2D eigenvalue weighted by atomic mass is 9.76. The molecule has 5 heteroatoms. The third-order valence-electron chi connectivity index (χ3n) is 7.89.